The van der Waals surface area contributed by atoms with Gasteiger partial charge in [0.1, 0.15) is 0 Å². The lowest BCUT2D eigenvalue weighted by Gasteiger charge is -2.05. The maximum absolute atomic E-state index is 11.8. The van der Waals surface area contributed by atoms with Crippen LogP contribution < -0.4 is 5.32 Å². The highest BCUT2D eigenvalue weighted by atomic mass is 16.1. The molecule has 2 aromatic carbocycles. The van der Waals surface area contributed by atoms with Crippen molar-refractivity contribution in [2.24, 2.45) is 0 Å². The van der Waals surface area contributed by atoms with Crippen molar-refractivity contribution in [3.8, 4) is 0 Å². The molecule has 0 unspecified atom stereocenters. The smallest absolute Gasteiger partial charge is 0.244 e. The van der Waals surface area contributed by atoms with Crippen molar-refractivity contribution in [2.75, 3.05) is 0 Å². The van der Waals surface area contributed by atoms with E-state index in [0.29, 0.717) is 12.5 Å². The van der Waals surface area contributed by atoms with E-state index in [1.165, 1.54) is 11.1 Å². The molecular weight excluding hydrogens is 270 g/mol. The Morgan fingerprint density at radius 1 is 1.05 bits per heavy atom. The molecule has 114 valence electrons. The van der Waals surface area contributed by atoms with Gasteiger partial charge in [-0.15, -0.1) is 0 Å². The summed E-state index contributed by atoms with van der Waals surface area (Å²) in [6.45, 7) is 6.94. The minimum absolute atomic E-state index is 0.0755. The summed E-state index contributed by atoms with van der Waals surface area (Å²) >= 11 is 0. The number of carbonyl (C=O) groups excluding carboxylic acids is 1. The molecule has 2 rings (SSSR count). The number of nitrogens with one attached hydrogen (secondary N) is 1. The molecule has 22 heavy (non-hydrogen) atoms. The van der Waals surface area contributed by atoms with Gasteiger partial charge < -0.3 is 5.32 Å². The third-order valence-electron chi connectivity index (χ3n) is 3.62. The van der Waals surface area contributed by atoms with Crippen molar-refractivity contribution in [3.63, 3.8) is 0 Å². The predicted molar refractivity (Wildman–Crippen MR) is 92.6 cm³/mol. The second kappa shape index (κ2) is 7.60. The fourth-order valence-electron chi connectivity index (χ4n) is 2.12. The predicted octanol–water partition coefficient (Wildman–Crippen LogP) is 4.45. The molecule has 1 N–H and O–H groups in total. The Morgan fingerprint density at radius 2 is 1.68 bits per heavy atom. The molecule has 0 saturated carbocycles. The summed E-state index contributed by atoms with van der Waals surface area (Å²) in [5.74, 6) is 0.448. The first-order valence-corrected chi connectivity index (χ1v) is 7.66. The van der Waals surface area contributed by atoms with Crippen LogP contribution in [-0.4, -0.2) is 5.91 Å². The number of hydrogen-bond acceptors (Lipinski definition) is 1. The van der Waals surface area contributed by atoms with E-state index in [4.69, 9.17) is 0 Å². The van der Waals surface area contributed by atoms with Crippen LogP contribution in [0.5, 0.6) is 0 Å². The molecule has 0 atom stereocenters. The number of carbonyl (C=O) groups is 1. The summed E-state index contributed by atoms with van der Waals surface area (Å²) in [6.07, 6.45) is 3.42. The van der Waals surface area contributed by atoms with Crippen molar-refractivity contribution < 1.29 is 4.79 Å². The van der Waals surface area contributed by atoms with E-state index in [9.17, 15) is 4.79 Å². The van der Waals surface area contributed by atoms with Crippen molar-refractivity contribution in [1.29, 1.82) is 0 Å². The van der Waals surface area contributed by atoms with E-state index in [0.717, 1.165) is 11.1 Å². The van der Waals surface area contributed by atoms with Crippen molar-refractivity contribution in [3.05, 3.63) is 76.9 Å². The molecule has 0 aliphatic carbocycles. The highest BCUT2D eigenvalue weighted by Gasteiger charge is 1.99. The Balaban J connectivity index is 1.87. The summed E-state index contributed by atoms with van der Waals surface area (Å²) < 4.78 is 0. The number of benzene rings is 2. The van der Waals surface area contributed by atoms with E-state index in [1.54, 1.807) is 6.08 Å². The molecule has 0 heterocycles. The maximum Gasteiger partial charge on any atom is 0.244 e. The molecule has 0 aromatic heterocycles. The first kappa shape index (κ1) is 16.0. The van der Waals surface area contributed by atoms with Gasteiger partial charge in [0.2, 0.25) is 5.91 Å². The Hall–Kier alpha value is -2.35. The van der Waals surface area contributed by atoms with E-state index >= 15 is 0 Å². The molecule has 0 radical (unpaired) electrons. The van der Waals surface area contributed by atoms with Crippen molar-refractivity contribution in [2.45, 2.75) is 33.2 Å². The second-order valence-electron chi connectivity index (χ2n) is 5.86. The summed E-state index contributed by atoms with van der Waals surface area (Å²) in [5.41, 5.74) is 4.67. The van der Waals surface area contributed by atoms with Gasteiger partial charge in [-0.3, -0.25) is 4.79 Å². The normalized spacial score (nSPS) is 11.1. The van der Waals surface area contributed by atoms with Gasteiger partial charge in [0, 0.05) is 12.6 Å². The summed E-state index contributed by atoms with van der Waals surface area (Å²) in [4.78, 5) is 11.8. The molecule has 2 aromatic rings. The molecule has 0 aliphatic heterocycles. The lowest BCUT2D eigenvalue weighted by Crippen LogP contribution is -2.20. The fraction of sp³-hybridized carbons (Fsp3) is 0.250. The van der Waals surface area contributed by atoms with Gasteiger partial charge in [-0.1, -0.05) is 67.9 Å². The van der Waals surface area contributed by atoms with Gasteiger partial charge in [-0.2, -0.15) is 0 Å². The van der Waals surface area contributed by atoms with Gasteiger partial charge in [0.25, 0.3) is 0 Å². The second-order valence-corrected chi connectivity index (χ2v) is 5.86. The SMILES string of the molecule is Cc1ccc(CNC(=O)/C=C\c2ccc(C(C)C)cc2)cc1. The number of rotatable bonds is 5. The number of amides is 1. The van der Waals surface area contributed by atoms with Crippen molar-refractivity contribution in [1.82, 2.24) is 5.32 Å². The molecule has 0 saturated heterocycles. The Labute approximate surface area is 132 Å². The molecule has 0 bridgehead atoms. The highest BCUT2D eigenvalue weighted by Crippen LogP contribution is 2.15. The van der Waals surface area contributed by atoms with Crippen LogP contribution in [0.15, 0.2) is 54.6 Å². The summed E-state index contributed by atoms with van der Waals surface area (Å²) in [7, 11) is 0. The van der Waals surface area contributed by atoms with Gasteiger partial charge in [-0.25, -0.2) is 0 Å². The lowest BCUT2D eigenvalue weighted by atomic mass is 10.0. The Kier molecular flexibility index (Phi) is 5.54. The highest BCUT2D eigenvalue weighted by molar-refractivity contribution is 5.91. The van der Waals surface area contributed by atoms with Gasteiger partial charge >= 0.3 is 0 Å². The fourth-order valence-corrected chi connectivity index (χ4v) is 2.12. The van der Waals surface area contributed by atoms with Crippen LogP contribution in [0.3, 0.4) is 0 Å². The van der Waals surface area contributed by atoms with Crippen molar-refractivity contribution >= 4 is 12.0 Å². The van der Waals surface area contributed by atoms with Crippen LogP contribution in [0.2, 0.25) is 0 Å². The van der Waals surface area contributed by atoms with Crippen LogP contribution >= 0.6 is 0 Å². The monoisotopic (exact) mass is 293 g/mol. The standard InChI is InChI=1S/C20H23NO/c1-15(2)19-11-8-17(9-12-19)10-13-20(22)21-14-18-6-4-16(3)5-7-18/h4-13,15H,14H2,1-3H3,(H,21,22)/b13-10-. The Morgan fingerprint density at radius 3 is 2.27 bits per heavy atom. The van der Waals surface area contributed by atoms with E-state index in [2.05, 4.69) is 38.2 Å². The minimum Gasteiger partial charge on any atom is -0.348 e. The number of hydrogen-bond donors (Lipinski definition) is 1. The molecule has 2 heteroatoms. The average Bonchev–Trinajstić information content (AvgIpc) is 2.52. The van der Waals surface area contributed by atoms with Crippen LogP contribution in [0.1, 0.15) is 42.0 Å². The average molecular weight is 293 g/mol. The summed E-state index contributed by atoms with van der Waals surface area (Å²) in [6, 6.07) is 16.5. The first-order chi connectivity index (χ1) is 10.5. The molecular formula is C20H23NO. The van der Waals surface area contributed by atoms with Crippen LogP contribution in [0.25, 0.3) is 6.08 Å². The Bertz CT molecular complexity index is 636. The molecule has 2 nitrogen and oxygen atoms in total. The molecule has 0 aliphatic rings. The van der Waals surface area contributed by atoms with E-state index < -0.39 is 0 Å². The molecule has 1 amide bonds. The molecule has 0 spiro atoms. The zero-order chi connectivity index (χ0) is 15.9. The van der Waals surface area contributed by atoms with E-state index in [-0.39, 0.29) is 5.91 Å². The van der Waals surface area contributed by atoms with Crippen LogP contribution in [-0.2, 0) is 11.3 Å². The van der Waals surface area contributed by atoms with Crippen LogP contribution in [0.4, 0.5) is 0 Å². The van der Waals surface area contributed by atoms with Gasteiger partial charge in [-0.05, 0) is 35.6 Å². The van der Waals surface area contributed by atoms with E-state index in [1.807, 2.05) is 42.5 Å². The topological polar surface area (TPSA) is 29.1 Å². The molecule has 0 fully saturated rings. The summed E-state index contributed by atoms with van der Waals surface area (Å²) in [5, 5.41) is 2.89. The minimum atomic E-state index is -0.0755. The third-order valence-corrected chi connectivity index (χ3v) is 3.62. The first-order valence-electron chi connectivity index (χ1n) is 7.66. The quantitative estimate of drug-likeness (QED) is 0.811. The third kappa shape index (κ3) is 4.88. The van der Waals surface area contributed by atoms with Gasteiger partial charge in [0.15, 0.2) is 0 Å². The zero-order valence-corrected chi connectivity index (χ0v) is 13.5. The lowest BCUT2D eigenvalue weighted by molar-refractivity contribution is -0.116. The van der Waals surface area contributed by atoms with Crippen LogP contribution in [0, 0.1) is 6.92 Å². The zero-order valence-electron chi connectivity index (χ0n) is 13.5. The number of aryl methyl sites for hydroxylation is 1. The largest absolute Gasteiger partial charge is 0.348 e. The maximum atomic E-state index is 11.8. The van der Waals surface area contributed by atoms with Gasteiger partial charge in [0.05, 0.1) is 0 Å².